The number of ether oxygens (including phenoxy) is 2. The van der Waals surface area contributed by atoms with Crippen molar-refractivity contribution in [2.45, 2.75) is 64.8 Å². The van der Waals surface area contributed by atoms with Crippen LogP contribution >= 0.6 is 15.9 Å². The molecule has 1 aromatic carbocycles. The van der Waals surface area contributed by atoms with Crippen LogP contribution in [0.15, 0.2) is 16.6 Å². The Bertz CT molecular complexity index is 655. The molecule has 1 fully saturated rings. The summed E-state index contributed by atoms with van der Waals surface area (Å²) < 4.78 is 12.7. The van der Waals surface area contributed by atoms with Crippen LogP contribution in [0.2, 0.25) is 0 Å². The molecule has 0 unspecified atom stereocenters. The molecule has 0 aliphatic carbocycles. The smallest absolute Gasteiger partial charge is 0.175 e. The molecule has 0 aromatic heterocycles. The van der Waals surface area contributed by atoms with Crippen LogP contribution in [-0.4, -0.2) is 56.2 Å². The normalized spacial score (nSPS) is 15.1. The van der Waals surface area contributed by atoms with Gasteiger partial charge < -0.3 is 9.47 Å². The Balaban J connectivity index is 1.79. The molecule has 1 aromatic rings. The van der Waals surface area contributed by atoms with Crippen LogP contribution in [0.25, 0.3) is 0 Å². The zero-order valence-electron chi connectivity index (χ0n) is 18.8. The van der Waals surface area contributed by atoms with E-state index in [1.807, 2.05) is 0 Å². The summed E-state index contributed by atoms with van der Waals surface area (Å²) >= 11 is 3.69. The van der Waals surface area contributed by atoms with Crippen LogP contribution in [0.4, 0.5) is 0 Å². The Hall–Kier alpha value is -1.29. The predicted molar refractivity (Wildman–Crippen MR) is 126 cm³/mol. The van der Waals surface area contributed by atoms with Gasteiger partial charge in [0.1, 0.15) is 0 Å². The van der Waals surface area contributed by atoms with Gasteiger partial charge in [0.2, 0.25) is 0 Å². The van der Waals surface area contributed by atoms with Crippen molar-refractivity contribution in [2.75, 3.05) is 46.4 Å². The first-order chi connectivity index (χ1) is 14.7. The second-order valence-electron chi connectivity index (χ2n) is 8.10. The van der Waals surface area contributed by atoms with Crippen molar-refractivity contribution in [3.05, 3.63) is 22.2 Å². The van der Waals surface area contributed by atoms with Gasteiger partial charge in [0.25, 0.3) is 0 Å². The van der Waals surface area contributed by atoms with Crippen molar-refractivity contribution in [2.24, 2.45) is 0 Å². The fraction of sp³-hybridized carbons (Fsp3) is 0.708. The predicted octanol–water partition coefficient (Wildman–Crippen LogP) is 5.62. The third-order valence-electron chi connectivity index (χ3n) is 5.69. The maximum absolute atomic E-state index is 8.75. The molecule has 1 saturated heterocycles. The summed E-state index contributed by atoms with van der Waals surface area (Å²) in [4.78, 5) is 4.83. The standard InChI is InChI=1S/C24H38BrN3O2/c1-3-4-5-6-7-8-9-17-30-24-22(25)18-21(19-23(24)29-2)20-28-15-13-27(14-16-28)12-10-11-26/h18-19H,3-10,12-17,20H2,1-2H3. The molecular weight excluding hydrogens is 442 g/mol. The fourth-order valence-corrected chi connectivity index (χ4v) is 4.48. The number of halogens is 1. The number of benzene rings is 1. The highest BCUT2D eigenvalue weighted by Crippen LogP contribution is 2.37. The summed E-state index contributed by atoms with van der Waals surface area (Å²) in [5, 5.41) is 8.75. The van der Waals surface area contributed by atoms with Crippen molar-refractivity contribution in [3.63, 3.8) is 0 Å². The van der Waals surface area contributed by atoms with Crippen molar-refractivity contribution < 1.29 is 9.47 Å². The third-order valence-corrected chi connectivity index (χ3v) is 6.28. The van der Waals surface area contributed by atoms with E-state index >= 15 is 0 Å². The van der Waals surface area contributed by atoms with Crippen molar-refractivity contribution in [1.82, 2.24) is 9.80 Å². The van der Waals surface area contributed by atoms with E-state index in [2.05, 4.69) is 50.9 Å². The first-order valence-corrected chi connectivity index (χ1v) is 12.3. The summed E-state index contributed by atoms with van der Waals surface area (Å²) in [5.41, 5.74) is 1.23. The highest BCUT2D eigenvalue weighted by atomic mass is 79.9. The van der Waals surface area contributed by atoms with Gasteiger partial charge in [-0.3, -0.25) is 9.80 Å². The van der Waals surface area contributed by atoms with Crippen LogP contribution in [0.1, 0.15) is 63.9 Å². The minimum absolute atomic E-state index is 0.616. The van der Waals surface area contributed by atoms with Crippen molar-refractivity contribution in [3.8, 4) is 17.6 Å². The van der Waals surface area contributed by atoms with Crippen molar-refractivity contribution in [1.29, 1.82) is 5.26 Å². The molecular formula is C24H38BrN3O2. The molecule has 0 N–H and O–H groups in total. The highest BCUT2D eigenvalue weighted by molar-refractivity contribution is 9.10. The Morgan fingerprint density at radius 1 is 1.00 bits per heavy atom. The van der Waals surface area contributed by atoms with E-state index in [-0.39, 0.29) is 0 Å². The SMILES string of the molecule is CCCCCCCCCOc1c(Br)cc(CN2CCN(CCC#N)CC2)cc1OC. The van der Waals surface area contributed by atoms with Gasteiger partial charge in [-0.15, -0.1) is 0 Å². The zero-order chi connectivity index (χ0) is 21.6. The number of hydrogen-bond donors (Lipinski definition) is 0. The molecule has 1 heterocycles. The molecule has 0 spiro atoms. The first kappa shape index (κ1) is 25.0. The Kier molecular flexibility index (Phi) is 12.2. The third kappa shape index (κ3) is 8.83. The van der Waals surface area contributed by atoms with Gasteiger partial charge in [-0.25, -0.2) is 0 Å². The molecule has 6 heteroatoms. The van der Waals surface area contributed by atoms with Gasteiger partial charge >= 0.3 is 0 Å². The summed E-state index contributed by atoms with van der Waals surface area (Å²) in [6, 6.07) is 6.50. The first-order valence-electron chi connectivity index (χ1n) is 11.5. The van der Waals surface area contributed by atoms with E-state index in [9.17, 15) is 0 Å². The molecule has 0 radical (unpaired) electrons. The molecule has 168 valence electrons. The average Bonchev–Trinajstić information content (AvgIpc) is 2.76. The van der Waals surface area contributed by atoms with Gasteiger partial charge in [0, 0.05) is 45.7 Å². The molecule has 2 rings (SSSR count). The highest BCUT2D eigenvalue weighted by Gasteiger charge is 2.18. The molecule has 0 bridgehead atoms. The van der Waals surface area contributed by atoms with Gasteiger partial charge in [-0.1, -0.05) is 45.4 Å². The lowest BCUT2D eigenvalue weighted by molar-refractivity contribution is 0.129. The van der Waals surface area contributed by atoms with Crippen LogP contribution in [0, 0.1) is 11.3 Å². The second kappa shape index (κ2) is 14.7. The van der Waals surface area contributed by atoms with E-state index in [0.29, 0.717) is 6.42 Å². The van der Waals surface area contributed by atoms with Gasteiger partial charge in [-0.05, 0) is 40.0 Å². The lowest BCUT2D eigenvalue weighted by Crippen LogP contribution is -2.46. The van der Waals surface area contributed by atoms with Crippen molar-refractivity contribution >= 4 is 15.9 Å². The molecule has 1 aliphatic heterocycles. The molecule has 5 nitrogen and oxygen atoms in total. The number of rotatable bonds is 14. The van der Waals surface area contributed by atoms with Gasteiger partial charge in [0.05, 0.1) is 24.3 Å². The van der Waals surface area contributed by atoms with E-state index in [4.69, 9.17) is 14.7 Å². The van der Waals surface area contributed by atoms with E-state index in [0.717, 1.165) is 68.3 Å². The summed E-state index contributed by atoms with van der Waals surface area (Å²) in [6.07, 6.45) is 9.56. The van der Waals surface area contributed by atoms with E-state index < -0.39 is 0 Å². The summed E-state index contributed by atoms with van der Waals surface area (Å²) in [6.45, 7) is 8.88. The quantitative estimate of drug-likeness (QED) is 0.324. The Labute approximate surface area is 191 Å². The lowest BCUT2D eigenvalue weighted by Gasteiger charge is -2.34. The summed E-state index contributed by atoms with van der Waals surface area (Å²) in [7, 11) is 1.71. The minimum atomic E-state index is 0.616. The average molecular weight is 480 g/mol. The van der Waals surface area contributed by atoms with Crippen LogP contribution in [0.3, 0.4) is 0 Å². The number of nitriles is 1. The van der Waals surface area contributed by atoms with Crippen LogP contribution in [0.5, 0.6) is 11.5 Å². The van der Waals surface area contributed by atoms with Crippen LogP contribution < -0.4 is 9.47 Å². The van der Waals surface area contributed by atoms with Gasteiger partial charge in [0.15, 0.2) is 11.5 Å². The molecule has 0 atom stereocenters. The number of unbranched alkanes of at least 4 members (excludes halogenated alkanes) is 6. The topological polar surface area (TPSA) is 48.7 Å². The second-order valence-corrected chi connectivity index (χ2v) is 8.96. The molecule has 0 saturated carbocycles. The molecule has 0 amide bonds. The maximum atomic E-state index is 8.75. The molecule has 30 heavy (non-hydrogen) atoms. The lowest BCUT2D eigenvalue weighted by atomic mass is 10.1. The largest absolute Gasteiger partial charge is 0.493 e. The number of methoxy groups -OCH3 is 1. The monoisotopic (exact) mass is 479 g/mol. The van der Waals surface area contributed by atoms with E-state index in [1.165, 1.54) is 44.1 Å². The number of nitrogens with zero attached hydrogens (tertiary/aromatic N) is 3. The van der Waals surface area contributed by atoms with Gasteiger partial charge in [-0.2, -0.15) is 5.26 Å². The Morgan fingerprint density at radius 2 is 1.67 bits per heavy atom. The summed E-state index contributed by atoms with van der Waals surface area (Å²) in [5.74, 6) is 1.61. The maximum Gasteiger partial charge on any atom is 0.175 e. The van der Waals surface area contributed by atoms with E-state index in [1.54, 1.807) is 7.11 Å². The minimum Gasteiger partial charge on any atom is -0.493 e. The Morgan fingerprint density at radius 3 is 2.33 bits per heavy atom. The number of piperazine rings is 1. The molecule has 1 aliphatic rings. The fourth-order valence-electron chi connectivity index (χ4n) is 3.88. The number of hydrogen-bond acceptors (Lipinski definition) is 5. The zero-order valence-corrected chi connectivity index (χ0v) is 20.4. The van der Waals surface area contributed by atoms with Crippen LogP contribution in [-0.2, 0) is 6.54 Å².